The van der Waals surface area contributed by atoms with Gasteiger partial charge in [0.1, 0.15) is 11.8 Å². The summed E-state index contributed by atoms with van der Waals surface area (Å²) in [6.07, 6.45) is 5.79. The van der Waals surface area contributed by atoms with Crippen LogP contribution >= 0.6 is 0 Å². The molecule has 0 bridgehead atoms. The molecular formula is C27H34N2O4. The third-order valence-electron chi connectivity index (χ3n) is 5.63. The Hall–Kier alpha value is -3.15. The van der Waals surface area contributed by atoms with Crippen LogP contribution in [0.4, 0.5) is 0 Å². The van der Waals surface area contributed by atoms with Crippen molar-refractivity contribution in [2.45, 2.75) is 70.4 Å². The number of Topliss-reactive ketones (excluding diaryl/α,β-unsaturated/α-hetero) is 1. The number of ketones is 1. The molecule has 1 fully saturated rings. The van der Waals surface area contributed by atoms with Crippen molar-refractivity contribution < 1.29 is 19.1 Å². The van der Waals surface area contributed by atoms with E-state index in [0.717, 1.165) is 43.4 Å². The van der Waals surface area contributed by atoms with Gasteiger partial charge >= 0.3 is 0 Å². The Morgan fingerprint density at radius 3 is 2.36 bits per heavy atom. The summed E-state index contributed by atoms with van der Waals surface area (Å²) in [5.74, 6) is 0.164. The van der Waals surface area contributed by atoms with Crippen LogP contribution in [0.25, 0.3) is 0 Å². The smallest absolute Gasteiger partial charge is 0.243 e. The number of benzene rings is 2. The highest BCUT2D eigenvalue weighted by atomic mass is 16.5. The number of hydrogen-bond donors (Lipinski definition) is 2. The molecule has 1 atom stereocenters. The number of ether oxygens (including phenoxy) is 1. The second kappa shape index (κ2) is 12.8. The minimum atomic E-state index is -0.653. The Labute approximate surface area is 196 Å². The molecule has 2 aromatic carbocycles. The van der Waals surface area contributed by atoms with Crippen molar-refractivity contribution in [1.29, 1.82) is 0 Å². The molecule has 6 heteroatoms. The van der Waals surface area contributed by atoms with Gasteiger partial charge in [-0.3, -0.25) is 14.4 Å². The molecule has 2 N–H and O–H groups in total. The molecule has 1 aliphatic rings. The van der Waals surface area contributed by atoms with Crippen LogP contribution in [0.15, 0.2) is 54.6 Å². The van der Waals surface area contributed by atoms with E-state index in [1.54, 1.807) is 24.3 Å². The summed E-state index contributed by atoms with van der Waals surface area (Å²) in [4.78, 5) is 37.7. The number of unbranched alkanes of at least 4 members (excludes halogenated alkanes) is 2. The highest BCUT2D eigenvalue weighted by molar-refractivity contribution is 5.98. The van der Waals surface area contributed by atoms with Crippen molar-refractivity contribution >= 4 is 17.6 Å². The largest absolute Gasteiger partial charge is 0.494 e. The molecule has 1 aliphatic carbocycles. The average Bonchev–Trinajstić information content (AvgIpc) is 3.65. The van der Waals surface area contributed by atoms with Gasteiger partial charge < -0.3 is 15.4 Å². The maximum Gasteiger partial charge on any atom is 0.243 e. The van der Waals surface area contributed by atoms with Gasteiger partial charge in [0.15, 0.2) is 5.78 Å². The van der Waals surface area contributed by atoms with Crippen LogP contribution in [0.2, 0.25) is 0 Å². The zero-order chi connectivity index (χ0) is 23.5. The lowest BCUT2D eigenvalue weighted by atomic mass is 10.0. The first-order valence-electron chi connectivity index (χ1n) is 11.9. The molecule has 0 aliphatic heterocycles. The molecule has 1 saturated carbocycles. The number of hydrogen-bond acceptors (Lipinski definition) is 4. The number of carbonyl (C=O) groups excluding carboxylic acids is 3. The van der Waals surface area contributed by atoms with E-state index >= 15 is 0 Å². The van der Waals surface area contributed by atoms with Crippen LogP contribution in [-0.2, 0) is 16.0 Å². The minimum Gasteiger partial charge on any atom is -0.494 e. The van der Waals surface area contributed by atoms with E-state index in [1.807, 2.05) is 30.3 Å². The summed E-state index contributed by atoms with van der Waals surface area (Å²) in [6, 6.07) is 16.2. The standard InChI is InChI=1S/C27H34N2O4/c1-2-3-7-18-33-23-14-10-21(11-15-23)25(30)16-17-26(31)29-24(27(32)28-22-12-13-22)19-20-8-5-4-6-9-20/h4-6,8-11,14-15,22,24H,2-3,7,12-13,16-19H2,1H3,(H,28,32)(H,29,31). The molecule has 33 heavy (non-hydrogen) atoms. The van der Waals surface area contributed by atoms with Gasteiger partial charge in [-0.2, -0.15) is 0 Å². The van der Waals surface area contributed by atoms with Gasteiger partial charge in [0.25, 0.3) is 0 Å². The lowest BCUT2D eigenvalue weighted by molar-refractivity contribution is -0.129. The van der Waals surface area contributed by atoms with Gasteiger partial charge in [0.2, 0.25) is 11.8 Å². The molecule has 0 spiro atoms. The highest BCUT2D eigenvalue weighted by Crippen LogP contribution is 2.19. The van der Waals surface area contributed by atoms with Gasteiger partial charge in [-0.25, -0.2) is 0 Å². The molecule has 6 nitrogen and oxygen atoms in total. The first-order valence-corrected chi connectivity index (χ1v) is 11.9. The first-order chi connectivity index (χ1) is 16.0. The molecule has 0 saturated heterocycles. The summed E-state index contributed by atoms with van der Waals surface area (Å²) in [5.41, 5.74) is 1.53. The van der Waals surface area contributed by atoms with Crippen molar-refractivity contribution in [1.82, 2.24) is 10.6 Å². The normalized spacial score (nSPS) is 13.7. The molecule has 0 radical (unpaired) electrons. The van der Waals surface area contributed by atoms with Crippen molar-refractivity contribution in [2.24, 2.45) is 0 Å². The Bertz CT molecular complexity index is 907. The van der Waals surface area contributed by atoms with E-state index in [9.17, 15) is 14.4 Å². The van der Waals surface area contributed by atoms with E-state index in [1.165, 1.54) is 0 Å². The molecule has 0 heterocycles. The van der Waals surface area contributed by atoms with E-state index < -0.39 is 6.04 Å². The summed E-state index contributed by atoms with van der Waals surface area (Å²) < 4.78 is 5.67. The van der Waals surface area contributed by atoms with Crippen LogP contribution in [0.1, 0.15) is 67.8 Å². The van der Waals surface area contributed by atoms with E-state index in [2.05, 4.69) is 17.6 Å². The molecular weight excluding hydrogens is 416 g/mol. The molecule has 2 aromatic rings. The molecule has 1 unspecified atom stereocenters. The molecule has 176 valence electrons. The second-order valence-electron chi connectivity index (χ2n) is 8.60. The Balaban J connectivity index is 1.48. The van der Waals surface area contributed by atoms with Crippen molar-refractivity contribution in [3.8, 4) is 5.75 Å². The zero-order valence-electron chi connectivity index (χ0n) is 19.3. The summed E-state index contributed by atoms with van der Waals surface area (Å²) in [7, 11) is 0. The average molecular weight is 451 g/mol. The number of rotatable bonds is 14. The quantitative estimate of drug-likeness (QED) is 0.333. The monoisotopic (exact) mass is 450 g/mol. The second-order valence-corrected chi connectivity index (χ2v) is 8.60. The number of amides is 2. The maximum atomic E-state index is 12.6. The van der Waals surface area contributed by atoms with E-state index in [-0.39, 0.29) is 36.5 Å². The summed E-state index contributed by atoms with van der Waals surface area (Å²) in [6.45, 7) is 2.81. The number of carbonyl (C=O) groups is 3. The van der Waals surface area contributed by atoms with Crippen LogP contribution in [0.5, 0.6) is 5.75 Å². The molecule has 3 rings (SSSR count). The third-order valence-corrected chi connectivity index (χ3v) is 5.63. The Kier molecular flexibility index (Phi) is 9.48. The third kappa shape index (κ3) is 8.72. The van der Waals surface area contributed by atoms with Crippen molar-refractivity contribution in [3.05, 3.63) is 65.7 Å². The fourth-order valence-corrected chi connectivity index (χ4v) is 3.51. The minimum absolute atomic E-state index is 0.0378. The Morgan fingerprint density at radius 1 is 0.970 bits per heavy atom. The van der Waals surface area contributed by atoms with Gasteiger partial charge in [0.05, 0.1) is 6.61 Å². The van der Waals surface area contributed by atoms with Crippen LogP contribution < -0.4 is 15.4 Å². The predicted octanol–water partition coefficient (Wildman–Crippen LogP) is 4.22. The van der Waals surface area contributed by atoms with Crippen molar-refractivity contribution in [3.63, 3.8) is 0 Å². The first kappa shape index (κ1) is 24.5. The fourth-order valence-electron chi connectivity index (χ4n) is 3.51. The lowest BCUT2D eigenvalue weighted by Gasteiger charge is -2.18. The van der Waals surface area contributed by atoms with E-state index in [0.29, 0.717) is 18.6 Å². The van der Waals surface area contributed by atoms with Crippen LogP contribution in [0.3, 0.4) is 0 Å². The van der Waals surface area contributed by atoms with Gasteiger partial charge in [0, 0.05) is 30.9 Å². The molecule has 2 amide bonds. The van der Waals surface area contributed by atoms with Gasteiger partial charge in [-0.05, 0) is 49.1 Å². The molecule has 0 aromatic heterocycles. The fraction of sp³-hybridized carbons (Fsp3) is 0.444. The van der Waals surface area contributed by atoms with Gasteiger partial charge in [-0.1, -0.05) is 50.1 Å². The highest BCUT2D eigenvalue weighted by Gasteiger charge is 2.28. The summed E-state index contributed by atoms with van der Waals surface area (Å²) >= 11 is 0. The van der Waals surface area contributed by atoms with Crippen LogP contribution in [0, 0.1) is 0 Å². The number of nitrogens with one attached hydrogen (secondary N) is 2. The zero-order valence-corrected chi connectivity index (χ0v) is 19.3. The Morgan fingerprint density at radius 2 is 1.70 bits per heavy atom. The predicted molar refractivity (Wildman–Crippen MR) is 128 cm³/mol. The lowest BCUT2D eigenvalue weighted by Crippen LogP contribution is -2.48. The topological polar surface area (TPSA) is 84.5 Å². The van der Waals surface area contributed by atoms with E-state index in [4.69, 9.17) is 4.74 Å². The SMILES string of the molecule is CCCCCOc1ccc(C(=O)CCC(=O)NC(Cc2ccccc2)C(=O)NC2CC2)cc1. The van der Waals surface area contributed by atoms with Crippen molar-refractivity contribution in [2.75, 3.05) is 6.61 Å². The summed E-state index contributed by atoms with van der Waals surface area (Å²) in [5, 5.41) is 5.79. The maximum absolute atomic E-state index is 12.6. The van der Waals surface area contributed by atoms with Crippen LogP contribution in [-0.4, -0.2) is 36.3 Å². The van der Waals surface area contributed by atoms with Gasteiger partial charge in [-0.15, -0.1) is 0 Å².